The Kier molecular flexibility index (Phi) is 6.87. The molecular formula is C19H30N3OS+. The number of thiocarbonyl (C=S) groups is 1. The molecule has 1 heterocycles. The molecule has 2 fully saturated rings. The van der Waals surface area contributed by atoms with Gasteiger partial charge in [-0.25, -0.2) is 0 Å². The van der Waals surface area contributed by atoms with E-state index in [1.807, 2.05) is 0 Å². The van der Waals surface area contributed by atoms with Gasteiger partial charge in [-0.2, -0.15) is 0 Å². The van der Waals surface area contributed by atoms with Crippen LogP contribution in [0.2, 0.25) is 0 Å². The van der Waals surface area contributed by atoms with Crippen LogP contribution in [0.4, 0.5) is 0 Å². The first-order valence-electron chi connectivity index (χ1n) is 9.33. The predicted molar refractivity (Wildman–Crippen MR) is 101 cm³/mol. The van der Waals surface area contributed by atoms with Crippen LogP contribution in [-0.4, -0.2) is 43.5 Å². The maximum atomic E-state index is 5.92. The van der Waals surface area contributed by atoms with Crippen molar-refractivity contribution < 1.29 is 9.64 Å². The lowest BCUT2D eigenvalue weighted by atomic mass is 9.96. The molecule has 0 bridgehead atoms. The summed E-state index contributed by atoms with van der Waals surface area (Å²) in [6.45, 7) is 4.82. The molecule has 2 aliphatic rings. The molecular weight excluding hydrogens is 318 g/mol. The van der Waals surface area contributed by atoms with Crippen LogP contribution in [0.1, 0.15) is 37.7 Å². The molecule has 1 aliphatic carbocycles. The average Bonchev–Trinajstić information content (AvgIpc) is 2.62. The number of nitrogens with one attached hydrogen (secondary N) is 3. The van der Waals surface area contributed by atoms with E-state index in [1.54, 1.807) is 4.90 Å². The Morgan fingerprint density at radius 2 is 1.96 bits per heavy atom. The normalized spacial score (nSPS) is 25.2. The van der Waals surface area contributed by atoms with E-state index >= 15 is 0 Å². The van der Waals surface area contributed by atoms with Gasteiger partial charge in [0.25, 0.3) is 0 Å². The van der Waals surface area contributed by atoms with Crippen molar-refractivity contribution in [2.24, 2.45) is 0 Å². The standard InChI is InChI=1S/C19H29N3OS/c24-19(21-17-9-5-2-6-10-17)20-13-18-15-22(11-12-23-18)14-16-7-3-1-4-8-16/h1,3-4,7-8,17-18H,2,5-6,9-15H2,(H2,20,21,24)/p+1/t18-/m1/s1. The molecule has 0 amide bonds. The Hall–Kier alpha value is -1.17. The zero-order valence-electron chi connectivity index (χ0n) is 14.4. The molecule has 24 heavy (non-hydrogen) atoms. The van der Waals surface area contributed by atoms with Crippen LogP contribution in [-0.2, 0) is 11.3 Å². The molecule has 3 N–H and O–H groups in total. The van der Waals surface area contributed by atoms with Gasteiger partial charge < -0.3 is 20.3 Å². The molecule has 0 aromatic heterocycles. The fourth-order valence-electron chi connectivity index (χ4n) is 3.72. The second-order valence-electron chi connectivity index (χ2n) is 7.05. The zero-order chi connectivity index (χ0) is 16.6. The first-order chi connectivity index (χ1) is 11.8. The second-order valence-corrected chi connectivity index (χ2v) is 7.46. The number of quaternary nitrogens is 1. The van der Waals surface area contributed by atoms with E-state index in [4.69, 9.17) is 17.0 Å². The molecule has 0 radical (unpaired) electrons. The van der Waals surface area contributed by atoms with Crippen LogP contribution < -0.4 is 15.5 Å². The largest absolute Gasteiger partial charge is 0.365 e. The third-order valence-electron chi connectivity index (χ3n) is 5.05. The van der Waals surface area contributed by atoms with Gasteiger partial charge in [-0.05, 0) is 25.1 Å². The second kappa shape index (κ2) is 9.35. The maximum absolute atomic E-state index is 5.92. The minimum Gasteiger partial charge on any atom is -0.365 e. The van der Waals surface area contributed by atoms with Crippen LogP contribution in [0.5, 0.6) is 0 Å². The number of hydrogen-bond acceptors (Lipinski definition) is 2. The van der Waals surface area contributed by atoms with Gasteiger partial charge >= 0.3 is 0 Å². The lowest BCUT2D eigenvalue weighted by Gasteiger charge is -2.31. The monoisotopic (exact) mass is 348 g/mol. The fraction of sp³-hybridized carbons (Fsp3) is 0.632. The summed E-state index contributed by atoms with van der Waals surface area (Å²) in [5.74, 6) is 0. The van der Waals surface area contributed by atoms with Gasteiger partial charge in [-0.3, -0.25) is 0 Å². The summed E-state index contributed by atoms with van der Waals surface area (Å²) in [5, 5.41) is 7.63. The van der Waals surface area contributed by atoms with E-state index in [9.17, 15) is 0 Å². The lowest BCUT2D eigenvalue weighted by molar-refractivity contribution is -0.925. The van der Waals surface area contributed by atoms with Gasteiger partial charge in [0.05, 0.1) is 6.61 Å². The molecule has 132 valence electrons. The van der Waals surface area contributed by atoms with Crippen molar-refractivity contribution >= 4 is 17.3 Å². The number of ether oxygens (including phenoxy) is 1. The quantitative estimate of drug-likeness (QED) is 0.701. The van der Waals surface area contributed by atoms with Crippen molar-refractivity contribution in [2.45, 2.75) is 50.8 Å². The van der Waals surface area contributed by atoms with Gasteiger partial charge in [0, 0.05) is 18.2 Å². The van der Waals surface area contributed by atoms with Crippen LogP contribution in [0.25, 0.3) is 0 Å². The summed E-state index contributed by atoms with van der Waals surface area (Å²) in [5.41, 5.74) is 1.40. The van der Waals surface area contributed by atoms with Crippen LogP contribution in [0.15, 0.2) is 30.3 Å². The summed E-state index contributed by atoms with van der Waals surface area (Å²) in [4.78, 5) is 1.59. The number of morpholine rings is 1. The Bertz CT molecular complexity index is 505. The van der Waals surface area contributed by atoms with Crippen LogP contribution in [0.3, 0.4) is 0 Å². The van der Waals surface area contributed by atoms with Gasteiger partial charge in [-0.1, -0.05) is 49.6 Å². The van der Waals surface area contributed by atoms with E-state index in [-0.39, 0.29) is 6.10 Å². The highest BCUT2D eigenvalue weighted by Gasteiger charge is 2.24. The molecule has 1 saturated heterocycles. The lowest BCUT2D eigenvalue weighted by Crippen LogP contribution is -3.13. The summed E-state index contributed by atoms with van der Waals surface area (Å²) >= 11 is 5.45. The number of hydrogen-bond donors (Lipinski definition) is 3. The van der Waals surface area contributed by atoms with Gasteiger partial charge in [-0.15, -0.1) is 0 Å². The van der Waals surface area contributed by atoms with E-state index in [0.29, 0.717) is 6.04 Å². The third kappa shape index (κ3) is 5.72. The highest BCUT2D eigenvalue weighted by Crippen LogP contribution is 2.17. The van der Waals surface area contributed by atoms with Crippen molar-refractivity contribution in [3.05, 3.63) is 35.9 Å². The van der Waals surface area contributed by atoms with E-state index in [0.717, 1.165) is 37.9 Å². The zero-order valence-corrected chi connectivity index (χ0v) is 15.2. The number of rotatable bonds is 5. The topological polar surface area (TPSA) is 37.7 Å². The van der Waals surface area contributed by atoms with Crippen molar-refractivity contribution in [1.82, 2.24) is 10.6 Å². The van der Waals surface area contributed by atoms with Gasteiger partial charge in [0.15, 0.2) is 5.11 Å². The first kappa shape index (κ1) is 17.6. The van der Waals surface area contributed by atoms with Crippen molar-refractivity contribution in [3.63, 3.8) is 0 Å². The molecule has 1 saturated carbocycles. The number of benzene rings is 1. The Morgan fingerprint density at radius 1 is 1.17 bits per heavy atom. The molecule has 0 spiro atoms. The fourth-order valence-corrected chi connectivity index (χ4v) is 3.97. The average molecular weight is 349 g/mol. The molecule has 1 aromatic carbocycles. The minimum atomic E-state index is 0.239. The Balaban J connectivity index is 1.38. The van der Waals surface area contributed by atoms with Crippen molar-refractivity contribution in [2.75, 3.05) is 26.2 Å². The highest BCUT2D eigenvalue weighted by molar-refractivity contribution is 7.80. The SMILES string of the molecule is S=C(NC[C@@H]1C[NH+](Cc2ccccc2)CCO1)NC1CCCCC1. The summed E-state index contributed by atoms with van der Waals surface area (Å²) in [6.07, 6.45) is 6.75. The molecule has 1 aromatic rings. The van der Waals surface area contributed by atoms with Gasteiger partial charge in [0.1, 0.15) is 25.7 Å². The summed E-state index contributed by atoms with van der Waals surface area (Å²) < 4.78 is 5.92. The molecule has 3 rings (SSSR count). The molecule has 1 aliphatic heterocycles. The molecule has 5 heteroatoms. The van der Waals surface area contributed by atoms with E-state index in [1.165, 1.54) is 37.7 Å². The van der Waals surface area contributed by atoms with E-state index in [2.05, 4.69) is 41.0 Å². The first-order valence-corrected chi connectivity index (χ1v) is 9.74. The van der Waals surface area contributed by atoms with Crippen LogP contribution in [0, 0.1) is 0 Å². The smallest absolute Gasteiger partial charge is 0.166 e. The van der Waals surface area contributed by atoms with Crippen LogP contribution >= 0.6 is 12.2 Å². The molecule has 1 unspecified atom stereocenters. The third-order valence-corrected chi connectivity index (χ3v) is 5.32. The van der Waals surface area contributed by atoms with Crippen molar-refractivity contribution in [3.8, 4) is 0 Å². The maximum Gasteiger partial charge on any atom is 0.166 e. The van der Waals surface area contributed by atoms with Gasteiger partial charge in [0.2, 0.25) is 0 Å². The minimum absolute atomic E-state index is 0.239. The summed E-state index contributed by atoms with van der Waals surface area (Å²) in [7, 11) is 0. The highest BCUT2D eigenvalue weighted by atomic mass is 32.1. The molecule has 4 nitrogen and oxygen atoms in total. The van der Waals surface area contributed by atoms with Crippen molar-refractivity contribution in [1.29, 1.82) is 0 Å². The Morgan fingerprint density at radius 3 is 2.75 bits per heavy atom. The summed E-state index contributed by atoms with van der Waals surface area (Å²) in [6, 6.07) is 11.3. The predicted octanol–water partition coefficient (Wildman–Crippen LogP) is 1.27. The van der Waals surface area contributed by atoms with E-state index < -0.39 is 0 Å². The molecule has 2 atom stereocenters. The Labute approximate surface area is 150 Å².